The number of likely N-dealkylation sites (N-methyl/N-ethyl adjacent to an activating group) is 1. The predicted octanol–water partition coefficient (Wildman–Crippen LogP) is 3.27. The first kappa shape index (κ1) is 25.9. The number of nitrogens with zero attached hydrogens (tertiary/aromatic N) is 2. The van der Waals surface area contributed by atoms with Crippen molar-refractivity contribution in [3.05, 3.63) is 23.8 Å². The number of methoxy groups -OCH3 is 1. The van der Waals surface area contributed by atoms with Gasteiger partial charge in [0.2, 0.25) is 5.91 Å². The van der Waals surface area contributed by atoms with Crippen molar-refractivity contribution < 1.29 is 23.8 Å². The van der Waals surface area contributed by atoms with Crippen LogP contribution in [-0.2, 0) is 14.3 Å². The van der Waals surface area contributed by atoms with E-state index in [1.807, 2.05) is 6.07 Å². The molecule has 3 aliphatic rings. The van der Waals surface area contributed by atoms with Crippen molar-refractivity contribution in [1.29, 1.82) is 0 Å². The van der Waals surface area contributed by atoms with Crippen molar-refractivity contribution in [1.82, 2.24) is 9.80 Å². The Balaban J connectivity index is 1.58. The molecule has 1 N–H and O–H groups in total. The van der Waals surface area contributed by atoms with Crippen LogP contribution in [0.3, 0.4) is 0 Å². The Morgan fingerprint density at radius 2 is 1.89 bits per heavy atom. The summed E-state index contributed by atoms with van der Waals surface area (Å²) < 4.78 is 17.7. The van der Waals surface area contributed by atoms with E-state index in [-0.39, 0.29) is 35.8 Å². The molecule has 2 heterocycles. The first-order chi connectivity index (χ1) is 16.9. The molecule has 0 bridgehead atoms. The van der Waals surface area contributed by atoms with E-state index >= 15 is 0 Å². The van der Waals surface area contributed by atoms with Gasteiger partial charge in [0.1, 0.15) is 12.4 Å². The number of benzene rings is 1. The van der Waals surface area contributed by atoms with Gasteiger partial charge in [-0.05, 0) is 62.6 Å². The molecule has 2 amide bonds. The lowest BCUT2D eigenvalue weighted by Gasteiger charge is -2.38. The predicted molar refractivity (Wildman–Crippen MR) is 135 cm³/mol. The summed E-state index contributed by atoms with van der Waals surface area (Å²) in [7, 11) is 3.52. The Kier molecular flexibility index (Phi) is 8.68. The van der Waals surface area contributed by atoms with Gasteiger partial charge >= 0.3 is 0 Å². The minimum absolute atomic E-state index is 0.0190. The summed E-state index contributed by atoms with van der Waals surface area (Å²) in [5.74, 6) is 1.38. The zero-order valence-corrected chi connectivity index (χ0v) is 21.6. The lowest BCUT2D eigenvalue weighted by Crippen LogP contribution is -2.48. The number of nitrogens with one attached hydrogen (secondary N) is 1. The number of hydrogen-bond donors (Lipinski definition) is 1. The number of carbonyl (C=O) groups excluding carboxylic acids is 2. The van der Waals surface area contributed by atoms with Crippen LogP contribution in [0.15, 0.2) is 18.2 Å². The lowest BCUT2D eigenvalue weighted by molar-refractivity contribution is -0.117. The molecule has 0 unspecified atom stereocenters. The summed E-state index contributed by atoms with van der Waals surface area (Å²) in [4.78, 5) is 30.0. The highest BCUT2D eigenvalue weighted by atomic mass is 16.5. The fraction of sp³-hybridized carbons (Fsp3) is 0.704. The molecule has 2 aliphatic heterocycles. The molecular weight excluding hydrogens is 446 g/mol. The van der Waals surface area contributed by atoms with Crippen molar-refractivity contribution in [3.63, 3.8) is 0 Å². The average molecular weight is 488 g/mol. The molecule has 1 aromatic rings. The van der Waals surface area contributed by atoms with Crippen LogP contribution in [0.4, 0.5) is 5.69 Å². The highest BCUT2D eigenvalue weighted by molar-refractivity contribution is 6.00. The second-order valence-electron chi connectivity index (χ2n) is 10.6. The molecule has 8 nitrogen and oxygen atoms in total. The molecule has 0 spiro atoms. The maximum absolute atomic E-state index is 13.5. The van der Waals surface area contributed by atoms with E-state index in [0.29, 0.717) is 36.1 Å². The van der Waals surface area contributed by atoms with Crippen molar-refractivity contribution >= 4 is 17.5 Å². The number of rotatable bonds is 5. The molecule has 0 aromatic heterocycles. The second-order valence-corrected chi connectivity index (χ2v) is 10.6. The quantitative estimate of drug-likeness (QED) is 0.687. The number of amides is 2. The molecule has 4 rings (SSSR count). The molecule has 8 heteroatoms. The molecule has 2 fully saturated rings. The Hall–Kier alpha value is -2.16. The van der Waals surface area contributed by atoms with Gasteiger partial charge < -0.3 is 24.4 Å². The molecule has 35 heavy (non-hydrogen) atoms. The van der Waals surface area contributed by atoms with E-state index in [2.05, 4.69) is 24.1 Å². The number of hydrogen-bond acceptors (Lipinski definition) is 6. The van der Waals surface area contributed by atoms with E-state index in [0.717, 1.165) is 52.0 Å². The number of carbonyl (C=O) groups is 2. The van der Waals surface area contributed by atoms with E-state index in [4.69, 9.17) is 14.2 Å². The largest absolute Gasteiger partial charge is 0.491 e. The first-order valence-corrected chi connectivity index (χ1v) is 13.0. The van der Waals surface area contributed by atoms with E-state index in [1.165, 1.54) is 0 Å². The topological polar surface area (TPSA) is 80.3 Å². The fourth-order valence-electron chi connectivity index (χ4n) is 5.03. The SMILES string of the molecule is CO[C@@H]1CN(C)C(=O)c2cc(NC(=O)C3CC3)ccc2OC[C@H](C)N(CC2CCOCC2)C[C@@H]1C. The summed E-state index contributed by atoms with van der Waals surface area (Å²) in [6.45, 7) is 8.89. The Morgan fingerprint density at radius 3 is 2.57 bits per heavy atom. The van der Waals surface area contributed by atoms with Gasteiger partial charge in [0.15, 0.2) is 0 Å². The van der Waals surface area contributed by atoms with E-state index in [1.54, 1.807) is 31.2 Å². The highest BCUT2D eigenvalue weighted by Gasteiger charge is 2.31. The summed E-state index contributed by atoms with van der Waals surface area (Å²) in [6.07, 6.45) is 3.94. The Morgan fingerprint density at radius 1 is 1.14 bits per heavy atom. The van der Waals surface area contributed by atoms with Crippen molar-refractivity contribution in [2.24, 2.45) is 17.8 Å². The van der Waals surface area contributed by atoms with Crippen LogP contribution >= 0.6 is 0 Å². The molecule has 1 aromatic carbocycles. The summed E-state index contributed by atoms with van der Waals surface area (Å²) in [5, 5.41) is 2.96. The summed E-state index contributed by atoms with van der Waals surface area (Å²) in [6, 6.07) is 5.55. The van der Waals surface area contributed by atoms with Crippen LogP contribution in [-0.4, -0.2) is 87.4 Å². The van der Waals surface area contributed by atoms with Gasteiger partial charge in [0.25, 0.3) is 5.91 Å². The van der Waals surface area contributed by atoms with Crippen LogP contribution < -0.4 is 10.1 Å². The van der Waals surface area contributed by atoms with Crippen LogP contribution in [0.5, 0.6) is 5.75 Å². The maximum Gasteiger partial charge on any atom is 0.257 e. The standard InChI is InChI=1S/C27H41N3O5/c1-18-14-30(15-20-9-11-34-12-10-20)19(2)17-35-24-8-7-22(28-26(31)21-5-6-21)13-23(24)27(32)29(3)16-25(18)33-4/h7-8,13,18-21,25H,5-6,9-12,14-17H2,1-4H3,(H,28,31)/t18-,19-,25+/m0/s1. The molecule has 0 radical (unpaired) electrons. The zero-order valence-electron chi connectivity index (χ0n) is 21.6. The number of ether oxygens (including phenoxy) is 3. The first-order valence-electron chi connectivity index (χ1n) is 13.0. The Labute approximate surface area is 209 Å². The molecular formula is C27H41N3O5. The van der Waals surface area contributed by atoms with Crippen molar-refractivity contribution in [2.75, 3.05) is 58.9 Å². The van der Waals surface area contributed by atoms with Crippen molar-refractivity contribution in [3.8, 4) is 5.75 Å². The minimum atomic E-state index is -0.135. The Bertz CT molecular complexity index is 884. The zero-order chi connectivity index (χ0) is 24.9. The van der Waals surface area contributed by atoms with Gasteiger partial charge in [0, 0.05) is 64.7 Å². The van der Waals surface area contributed by atoms with E-state index in [9.17, 15) is 9.59 Å². The summed E-state index contributed by atoms with van der Waals surface area (Å²) >= 11 is 0. The number of fused-ring (bicyclic) bond motifs is 1. The van der Waals surface area contributed by atoms with Gasteiger partial charge in [-0.3, -0.25) is 14.5 Å². The third-order valence-electron chi connectivity index (χ3n) is 7.62. The van der Waals surface area contributed by atoms with Crippen molar-refractivity contribution in [2.45, 2.75) is 51.7 Å². The number of anilines is 1. The maximum atomic E-state index is 13.5. The van der Waals surface area contributed by atoms with Gasteiger partial charge in [-0.1, -0.05) is 6.92 Å². The molecule has 1 aliphatic carbocycles. The van der Waals surface area contributed by atoms with Crippen LogP contribution in [0.1, 0.15) is 49.9 Å². The molecule has 1 saturated carbocycles. The van der Waals surface area contributed by atoms with E-state index < -0.39 is 0 Å². The molecule has 1 saturated heterocycles. The third kappa shape index (κ3) is 6.74. The van der Waals surface area contributed by atoms with Gasteiger partial charge in [0.05, 0.1) is 11.7 Å². The molecule has 3 atom stereocenters. The van der Waals surface area contributed by atoms with Gasteiger partial charge in [-0.2, -0.15) is 0 Å². The van der Waals surface area contributed by atoms with Gasteiger partial charge in [-0.25, -0.2) is 0 Å². The van der Waals surface area contributed by atoms with Crippen LogP contribution in [0.25, 0.3) is 0 Å². The second kappa shape index (κ2) is 11.7. The smallest absolute Gasteiger partial charge is 0.257 e. The van der Waals surface area contributed by atoms with Crippen LogP contribution in [0.2, 0.25) is 0 Å². The average Bonchev–Trinajstić information content (AvgIpc) is 3.71. The highest BCUT2D eigenvalue weighted by Crippen LogP contribution is 2.32. The fourth-order valence-corrected chi connectivity index (χ4v) is 5.03. The summed E-state index contributed by atoms with van der Waals surface area (Å²) in [5.41, 5.74) is 1.09. The third-order valence-corrected chi connectivity index (χ3v) is 7.62. The van der Waals surface area contributed by atoms with Gasteiger partial charge in [-0.15, -0.1) is 0 Å². The van der Waals surface area contributed by atoms with Crippen LogP contribution in [0, 0.1) is 17.8 Å². The molecule has 194 valence electrons. The normalized spacial score (nSPS) is 27.4. The lowest BCUT2D eigenvalue weighted by atomic mass is 9.96. The monoisotopic (exact) mass is 487 g/mol. The minimum Gasteiger partial charge on any atom is -0.491 e.